The Morgan fingerprint density at radius 3 is 3.07 bits per heavy atom. The second kappa shape index (κ2) is 7.90. The summed E-state index contributed by atoms with van der Waals surface area (Å²) in [5.41, 5.74) is 6.38. The van der Waals surface area contributed by atoms with E-state index in [1.807, 2.05) is 36.4 Å². The lowest BCUT2D eigenvalue weighted by Gasteiger charge is -2.25. The van der Waals surface area contributed by atoms with Crippen molar-refractivity contribution in [3.8, 4) is 5.75 Å². The lowest BCUT2D eigenvalue weighted by atomic mass is 9.92. The van der Waals surface area contributed by atoms with Crippen LogP contribution in [-0.4, -0.2) is 28.5 Å². The first-order valence-corrected chi connectivity index (χ1v) is 9.42. The summed E-state index contributed by atoms with van der Waals surface area (Å²) in [6.45, 7) is 4.20. The van der Waals surface area contributed by atoms with Crippen LogP contribution in [0.5, 0.6) is 5.75 Å². The van der Waals surface area contributed by atoms with Gasteiger partial charge in [-0.1, -0.05) is 24.3 Å². The van der Waals surface area contributed by atoms with Crippen molar-refractivity contribution in [3.05, 3.63) is 61.1 Å². The van der Waals surface area contributed by atoms with Crippen molar-refractivity contribution in [1.82, 2.24) is 9.97 Å². The number of fused-ring (bicyclic) bond motifs is 5. The number of carbonyl (C=O) groups is 1. The first-order valence-electron chi connectivity index (χ1n) is 9.42. The van der Waals surface area contributed by atoms with Crippen molar-refractivity contribution in [2.75, 3.05) is 17.2 Å². The molecule has 1 amide bonds. The van der Waals surface area contributed by atoms with Crippen LogP contribution in [0.2, 0.25) is 0 Å². The Kier molecular flexibility index (Phi) is 5.16. The molecule has 4 bridgehead atoms. The zero-order valence-electron chi connectivity index (χ0n) is 15.7. The summed E-state index contributed by atoms with van der Waals surface area (Å²) >= 11 is 0. The fourth-order valence-electron chi connectivity index (χ4n) is 4.02. The average molecular weight is 395 g/mol. The Morgan fingerprint density at radius 1 is 1.41 bits per heavy atom. The first-order chi connectivity index (χ1) is 14.0. The molecule has 4 rings (SSSR count). The van der Waals surface area contributed by atoms with Gasteiger partial charge in [0.15, 0.2) is 11.6 Å². The predicted molar refractivity (Wildman–Crippen MR) is 108 cm³/mol. The summed E-state index contributed by atoms with van der Waals surface area (Å²) in [6, 6.07) is 6.91. The Labute approximate surface area is 167 Å². The van der Waals surface area contributed by atoms with Gasteiger partial charge in [0, 0.05) is 17.8 Å². The van der Waals surface area contributed by atoms with Gasteiger partial charge < -0.3 is 21.1 Å². The maximum Gasteiger partial charge on any atom is 0.229 e. The summed E-state index contributed by atoms with van der Waals surface area (Å²) in [5, 5.41) is 6.14. The number of hydrogen-bond donors (Lipinski definition) is 3. The van der Waals surface area contributed by atoms with Crippen LogP contribution >= 0.6 is 0 Å². The molecule has 1 aromatic heterocycles. The molecule has 150 valence electrons. The third kappa shape index (κ3) is 3.91. The SMILES string of the molecule is C=C[C@@H]1C[C@@H]2/C=C/COc3cccc(c3)Nc3ncc(F)c(n3)N[C@H]2[C@H]1C(N)=O. The van der Waals surface area contributed by atoms with Crippen LogP contribution < -0.4 is 21.1 Å². The summed E-state index contributed by atoms with van der Waals surface area (Å²) in [6.07, 6.45) is 7.37. The molecule has 29 heavy (non-hydrogen) atoms. The number of ether oxygens (including phenoxy) is 1. The van der Waals surface area contributed by atoms with Gasteiger partial charge in [0.25, 0.3) is 0 Å². The van der Waals surface area contributed by atoms with Gasteiger partial charge in [-0.2, -0.15) is 4.98 Å². The van der Waals surface area contributed by atoms with E-state index in [2.05, 4.69) is 27.2 Å². The minimum absolute atomic E-state index is 0.0197. The number of hydrogen-bond acceptors (Lipinski definition) is 6. The van der Waals surface area contributed by atoms with Crippen LogP contribution in [0.25, 0.3) is 0 Å². The number of benzene rings is 1. The molecule has 0 spiro atoms. The molecule has 7 nitrogen and oxygen atoms in total. The zero-order chi connectivity index (χ0) is 20.4. The molecule has 2 aromatic rings. The van der Waals surface area contributed by atoms with Crippen molar-refractivity contribution >= 4 is 23.4 Å². The third-order valence-electron chi connectivity index (χ3n) is 5.35. The maximum atomic E-state index is 14.5. The number of nitrogens with one attached hydrogen (secondary N) is 2. The van der Waals surface area contributed by atoms with E-state index in [9.17, 15) is 9.18 Å². The molecule has 4 atom stereocenters. The molecule has 1 aromatic carbocycles. The summed E-state index contributed by atoms with van der Waals surface area (Å²) < 4.78 is 20.2. The predicted octanol–water partition coefficient (Wildman–Crippen LogP) is 3.01. The number of amides is 1. The van der Waals surface area contributed by atoms with Crippen LogP contribution in [0.1, 0.15) is 6.42 Å². The fraction of sp³-hybridized carbons (Fsp3) is 0.286. The van der Waals surface area contributed by atoms with Gasteiger partial charge in [-0.3, -0.25) is 4.79 Å². The number of nitrogens with two attached hydrogens (primary N) is 1. The van der Waals surface area contributed by atoms with E-state index in [0.29, 0.717) is 24.5 Å². The zero-order valence-corrected chi connectivity index (χ0v) is 15.7. The number of carbonyl (C=O) groups excluding carboxylic acids is 1. The molecule has 1 fully saturated rings. The van der Waals surface area contributed by atoms with Crippen molar-refractivity contribution in [3.63, 3.8) is 0 Å². The van der Waals surface area contributed by atoms with Crippen molar-refractivity contribution in [2.45, 2.75) is 12.5 Å². The Hall–Kier alpha value is -3.42. The lowest BCUT2D eigenvalue weighted by molar-refractivity contribution is -0.122. The smallest absolute Gasteiger partial charge is 0.229 e. The number of rotatable bonds is 2. The van der Waals surface area contributed by atoms with Crippen LogP contribution in [0.4, 0.5) is 21.8 Å². The van der Waals surface area contributed by atoms with Gasteiger partial charge >= 0.3 is 0 Å². The van der Waals surface area contributed by atoms with Crippen molar-refractivity contribution in [1.29, 1.82) is 0 Å². The van der Waals surface area contributed by atoms with E-state index < -0.39 is 23.7 Å². The van der Waals surface area contributed by atoms with Crippen LogP contribution in [0, 0.1) is 23.6 Å². The normalized spacial score (nSPS) is 26.7. The molecule has 1 aliphatic heterocycles. The second-order valence-electron chi connectivity index (χ2n) is 7.18. The van der Waals surface area contributed by atoms with E-state index in [0.717, 1.165) is 6.20 Å². The quantitative estimate of drug-likeness (QED) is 0.676. The van der Waals surface area contributed by atoms with Crippen LogP contribution in [0.15, 0.2) is 55.3 Å². The average Bonchev–Trinajstić information content (AvgIpc) is 3.05. The highest BCUT2D eigenvalue weighted by Crippen LogP contribution is 2.40. The Balaban J connectivity index is 1.76. The number of anilines is 3. The Bertz CT molecular complexity index is 964. The van der Waals surface area contributed by atoms with Gasteiger partial charge in [0.05, 0.1) is 12.1 Å². The largest absolute Gasteiger partial charge is 0.489 e. The summed E-state index contributed by atoms with van der Waals surface area (Å²) in [7, 11) is 0. The van der Waals surface area contributed by atoms with Gasteiger partial charge in [0.1, 0.15) is 12.4 Å². The van der Waals surface area contributed by atoms with E-state index in [-0.39, 0.29) is 23.6 Å². The standard InChI is InChI=1S/C21H22FN5O2/c1-2-12-9-13-5-4-8-29-15-7-3-6-14(10-15)25-21-24-11-16(22)20(27-21)26-18(13)17(12)19(23)28/h2-7,10-13,17-18H,1,8-9H2,(H2,23,28)(H2,24,25,26,27)/b5-4+/t12-,13+,17+,18-/m1/s1. The summed E-state index contributed by atoms with van der Waals surface area (Å²) in [5.74, 6) is -0.854. The number of primary amides is 1. The van der Waals surface area contributed by atoms with Crippen LogP contribution in [0.3, 0.4) is 0 Å². The fourth-order valence-corrected chi connectivity index (χ4v) is 4.02. The molecule has 1 saturated carbocycles. The van der Waals surface area contributed by atoms with Gasteiger partial charge in [-0.25, -0.2) is 9.37 Å². The maximum absolute atomic E-state index is 14.5. The Morgan fingerprint density at radius 2 is 2.28 bits per heavy atom. The third-order valence-corrected chi connectivity index (χ3v) is 5.35. The molecule has 1 aliphatic carbocycles. The van der Waals surface area contributed by atoms with Gasteiger partial charge in [-0.15, -0.1) is 6.58 Å². The molecular weight excluding hydrogens is 373 g/mol. The van der Waals surface area contributed by atoms with Gasteiger partial charge in [-0.05, 0) is 30.4 Å². The highest BCUT2D eigenvalue weighted by molar-refractivity contribution is 5.79. The topological polar surface area (TPSA) is 102 Å². The molecule has 0 unspecified atom stereocenters. The number of halogens is 1. The number of aromatic nitrogens is 2. The second-order valence-corrected chi connectivity index (χ2v) is 7.18. The monoisotopic (exact) mass is 395 g/mol. The molecule has 0 saturated heterocycles. The minimum Gasteiger partial charge on any atom is -0.489 e. The van der Waals surface area contributed by atoms with Crippen molar-refractivity contribution in [2.24, 2.45) is 23.5 Å². The molecule has 8 heteroatoms. The molecule has 4 N–H and O–H groups in total. The van der Waals surface area contributed by atoms with E-state index in [1.165, 1.54) is 0 Å². The van der Waals surface area contributed by atoms with Crippen LogP contribution in [-0.2, 0) is 4.79 Å². The first kappa shape index (κ1) is 18.9. The lowest BCUT2D eigenvalue weighted by Crippen LogP contribution is -2.40. The summed E-state index contributed by atoms with van der Waals surface area (Å²) in [4.78, 5) is 20.4. The number of nitrogens with zero attached hydrogens (tertiary/aromatic N) is 2. The highest BCUT2D eigenvalue weighted by Gasteiger charge is 2.44. The molecular formula is C21H22FN5O2. The van der Waals surface area contributed by atoms with Gasteiger partial charge in [0.2, 0.25) is 11.9 Å². The molecule has 0 radical (unpaired) electrons. The van der Waals surface area contributed by atoms with Crippen molar-refractivity contribution < 1.29 is 13.9 Å². The minimum atomic E-state index is -0.604. The molecule has 2 aliphatic rings. The molecule has 2 heterocycles. The van der Waals surface area contributed by atoms with E-state index in [1.54, 1.807) is 6.08 Å². The number of allylic oxidation sites excluding steroid dienone is 1. The highest BCUT2D eigenvalue weighted by atomic mass is 19.1. The van der Waals surface area contributed by atoms with E-state index >= 15 is 0 Å². The van der Waals surface area contributed by atoms with E-state index in [4.69, 9.17) is 10.5 Å².